The fourth-order valence-electron chi connectivity index (χ4n) is 3.20. The van der Waals surface area contributed by atoms with Gasteiger partial charge < -0.3 is 4.42 Å². The van der Waals surface area contributed by atoms with Gasteiger partial charge in [0.1, 0.15) is 16.6 Å². The van der Waals surface area contributed by atoms with Gasteiger partial charge in [0, 0.05) is 11.5 Å². The summed E-state index contributed by atoms with van der Waals surface area (Å²) in [5.74, 6) is 0. The number of aryl methyl sites for hydroxylation is 1. The lowest BCUT2D eigenvalue weighted by atomic mass is 10.2. The molecule has 0 aliphatic rings. The highest BCUT2D eigenvalue weighted by Gasteiger charge is 2.16. The minimum atomic E-state index is -3.77. The third kappa shape index (κ3) is 3.55. The molecule has 31 heavy (non-hydrogen) atoms. The predicted octanol–water partition coefficient (Wildman–Crippen LogP) is 3.64. The Kier molecular flexibility index (Phi) is 4.33. The van der Waals surface area contributed by atoms with E-state index >= 15 is 0 Å². The van der Waals surface area contributed by atoms with Gasteiger partial charge in [0.05, 0.1) is 10.6 Å². The molecule has 0 fully saturated rings. The standard InChI is InChI=1S/C22H16N4O4S/c1-14-6-10-17(11-7-14)31(28,29)25-16-9-8-15-12-20(22(27)30-21(15)13-16)26-23-18-4-2-3-5-19(18)24-26/h2-13,25H,1H3. The SMILES string of the molecule is Cc1ccc(S(=O)(=O)Nc2ccc3cc(-n4nc5ccccc5n4)c(=O)oc3c2)cc1. The molecule has 8 nitrogen and oxygen atoms in total. The molecule has 2 aromatic heterocycles. The molecule has 0 aliphatic heterocycles. The van der Waals surface area contributed by atoms with Crippen molar-refractivity contribution in [1.29, 1.82) is 0 Å². The molecule has 0 unspecified atom stereocenters. The number of hydrogen-bond donors (Lipinski definition) is 1. The van der Waals surface area contributed by atoms with E-state index < -0.39 is 15.6 Å². The first-order valence-corrected chi connectivity index (χ1v) is 10.9. The van der Waals surface area contributed by atoms with Gasteiger partial charge in [0.15, 0.2) is 5.69 Å². The Balaban J connectivity index is 1.51. The van der Waals surface area contributed by atoms with Crippen LogP contribution in [0.15, 0.2) is 86.9 Å². The van der Waals surface area contributed by atoms with Crippen LogP contribution in [0.25, 0.3) is 27.7 Å². The van der Waals surface area contributed by atoms with E-state index in [9.17, 15) is 13.2 Å². The second-order valence-corrected chi connectivity index (χ2v) is 8.75. The molecule has 1 N–H and O–H groups in total. The zero-order valence-electron chi connectivity index (χ0n) is 16.3. The Morgan fingerprint density at radius 3 is 2.26 bits per heavy atom. The summed E-state index contributed by atoms with van der Waals surface area (Å²) >= 11 is 0. The van der Waals surface area contributed by atoms with E-state index in [2.05, 4.69) is 14.9 Å². The molecule has 154 valence electrons. The van der Waals surface area contributed by atoms with Gasteiger partial charge in [-0.3, -0.25) is 4.72 Å². The first kappa shape index (κ1) is 19.0. The number of sulfonamides is 1. The lowest BCUT2D eigenvalue weighted by Gasteiger charge is -2.09. The van der Waals surface area contributed by atoms with Crippen molar-refractivity contribution in [2.45, 2.75) is 11.8 Å². The second kappa shape index (κ2) is 7.06. The Morgan fingerprint density at radius 2 is 1.58 bits per heavy atom. The Bertz CT molecular complexity index is 1570. The van der Waals surface area contributed by atoms with E-state index in [1.54, 1.807) is 42.5 Å². The molecule has 2 heterocycles. The molecule has 0 bridgehead atoms. The van der Waals surface area contributed by atoms with Crippen LogP contribution in [0, 0.1) is 6.92 Å². The van der Waals surface area contributed by atoms with Crippen molar-refractivity contribution >= 4 is 37.7 Å². The molecule has 0 aliphatic carbocycles. The zero-order valence-corrected chi connectivity index (χ0v) is 17.1. The number of nitrogens with one attached hydrogen (secondary N) is 1. The summed E-state index contributed by atoms with van der Waals surface area (Å²) in [5.41, 5.74) is 2.33. The van der Waals surface area contributed by atoms with Gasteiger partial charge >= 0.3 is 5.63 Å². The number of fused-ring (bicyclic) bond motifs is 2. The van der Waals surface area contributed by atoms with E-state index in [-0.39, 0.29) is 21.9 Å². The lowest BCUT2D eigenvalue weighted by molar-refractivity contribution is 0.546. The zero-order chi connectivity index (χ0) is 21.6. The van der Waals surface area contributed by atoms with Gasteiger partial charge in [-0.05, 0) is 49.4 Å². The maximum atomic E-state index is 12.6. The average molecular weight is 432 g/mol. The summed E-state index contributed by atoms with van der Waals surface area (Å²) in [4.78, 5) is 13.9. The maximum Gasteiger partial charge on any atom is 0.364 e. The maximum absolute atomic E-state index is 12.6. The van der Waals surface area contributed by atoms with Crippen LogP contribution in [0.1, 0.15) is 5.56 Å². The summed E-state index contributed by atoms with van der Waals surface area (Å²) in [5, 5.41) is 9.23. The van der Waals surface area contributed by atoms with Crippen LogP contribution in [0.5, 0.6) is 0 Å². The molecular weight excluding hydrogens is 416 g/mol. The normalized spacial score (nSPS) is 11.8. The molecule has 0 saturated carbocycles. The van der Waals surface area contributed by atoms with Crippen LogP contribution < -0.4 is 10.3 Å². The van der Waals surface area contributed by atoms with E-state index in [1.165, 1.54) is 23.0 Å². The molecule has 0 atom stereocenters. The molecule has 5 rings (SSSR count). The fraction of sp³-hybridized carbons (Fsp3) is 0.0455. The Labute approximate surface area is 176 Å². The van der Waals surface area contributed by atoms with Crippen molar-refractivity contribution < 1.29 is 12.8 Å². The largest absolute Gasteiger partial charge is 0.421 e. The average Bonchev–Trinajstić information content (AvgIpc) is 3.17. The van der Waals surface area contributed by atoms with Gasteiger partial charge in [-0.1, -0.05) is 29.8 Å². The van der Waals surface area contributed by atoms with Gasteiger partial charge in [-0.25, -0.2) is 13.2 Å². The molecule has 0 amide bonds. The summed E-state index contributed by atoms with van der Waals surface area (Å²) in [6.45, 7) is 1.88. The van der Waals surface area contributed by atoms with E-state index in [0.29, 0.717) is 16.4 Å². The smallest absolute Gasteiger partial charge is 0.364 e. The highest BCUT2D eigenvalue weighted by molar-refractivity contribution is 7.92. The lowest BCUT2D eigenvalue weighted by Crippen LogP contribution is -2.14. The molecule has 5 aromatic rings. The third-order valence-electron chi connectivity index (χ3n) is 4.80. The minimum absolute atomic E-state index is 0.145. The van der Waals surface area contributed by atoms with Crippen LogP contribution in [-0.4, -0.2) is 23.4 Å². The molecular formula is C22H16N4O4S. The number of hydrogen-bond acceptors (Lipinski definition) is 6. The Morgan fingerprint density at radius 1 is 0.903 bits per heavy atom. The first-order chi connectivity index (χ1) is 14.9. The van der Waals surface area contributed by atoms with Gasteiger partial charge in [0.25, 0.3) is 10.0 Å². The van der Waals surface area contributed by atoms with Crippen LogP contribution in [-0.2, 0) is 10.0 Å². The summed E-state index contributed by atoms with van der Waals surface area (Å²) in [7, 11) is -3.77. The van der Waals surface area contributed by atoms with Crippen molar-refractivity contribution in [3.8, 4) is 5.69 Å². The molecule has 0 radical (unpaired) electrons. The molecule has 3 aromatic carbocycles. The van der Waals surface area contributed by atoms with Gasteiger partial charge in [-0.2, -0.15) is 0 Å². The van der Waals surface area contributed by atoms with E-state index in [1.807, 2.05) is 19.1 Å². The molecule has 9 heteroatoms. The molecule has 0 spiro atoms. The number of nitrogens with zero attached hydrogens (tertiary/aromatic N) is 3. The number of rotatable bonds is 4. The van der Waals surface area contributed by atoms with Crippen LogP contribution in [0.3, 0.4) is 0 Å². The van der Waals surface area contributed by atoms with Crippen LogP contribution >= 0.6 is 0 Å². The number of benzene rings is 3. The highest BCUT2D eigenvalue weighted by Crippen LogP contribution is 2.23. The van der Waals surface area contributed by atoms with E-state index in [4.69, 9.17) is 4.42 Å². The van der Waals surface area contributed by atoms with Crippen molar-refractivity contribution in [1.82, 2.24) is 15.0 Å². The number of anilines is 1. The van der Waals surface area contributed by atoms with Crippen LogP contribution in [0.4, 0.5) is 5.69 Å². The van der Waals surface area contributed by atoms with Crippen LogP contribution in [0.2, 0.25) is 0 Å². The van der Waals surface area contributed by atoms with Crippen molar-refractivity contribution in [3.05, 3.63) is 88.8 Å². The summed E-state index contributed by atoms with van der Waals surface area (Å²) in [6, 6.07) is 20.1. The summed E-state index contributed by atoms with van der Waals surface area (Å²) in [6.07, 6.45) is 0. The third-order valence-corrected chi connectivity index (χ3v) is 6.20. The monoisotopic (exact) mass is 432 g/mol. The first-order valence-electron chi connectivity index (χ1n) is 9.39. The molecule has 0 saturated heterocycles. The van der Waals surface area contributed by atoms with Crippen molar-refractivity contribution in [3.63, 3.8) is 0 Å². The minimum Gasteiger partial charge on any atom is -0.421 e. The van der Waals surface area contributed by atoms with Gasteiger partial charge in [0.2, 0.25) is 0 Å². The number of aromatic nitrogens is 3. The predicted molar refractivity (Wildman–Crippen MR) is 117 cm³/mol. The highest BCUT2D eigenvalue weighted by atomic mass is 32.2. The summed E-state index contributed by atoms with van der Waals surface area (Å²) < 4.78 is 33.2. The Hall–Kier alpha value is -3.98. The van der Waals surface area contributed by atoms with Crippen molar-refractivity contribution in [2.24, 2.45) is 0 Å². The second-order valence-electron chi connectivity index (χ2n) is 7.07. The quantitative estimate of drug-likeness (QED) is 0.435. The van der Waals surface area contributed by atoms with Crippen molar-refractivity contribution in [2.75, 3.05) is 4.72 Å². The van der Waals surface area contributed by atoms with Gasteiger partial charge in [-0.15, -0.1) is 15.0 Å². The van der Waals surface area contributed by atoms with E-state index in [0.717, 1.165) is 5.56 Å². The fourth-order valence-corrected chi connectivity index (χ4v) is 4.25. The topological polar surface area (TPSA) is 107 Å².